The maximum Gasteiger partial charge on any atom is 0.341 e. The Bertz CT molecular complexity index is 1060. The Labute approximate surface area is 176 Å². The summed E-state index contributed by atoms with van der Waals surface area (Å²) in [5.41, 5.74) is 3.78. The largest absolute Gasteiger partial charge is 0.462 e. The molecule has 30 heavy (non-hydrogen) atoms. The van der Waals surface area contributed by atoms with Crippen molar-refractivity contribution in [1.29, 1.82) is 0 Å². The van der Waals surface area contributed by atoms with Gasteiger partial charge in [-0.05, 0) is 50.8 Å². The molecule has 0 radical (unpaired) electrons. The quantitative estimate of drug-likeness (QED) is 0.625. The Morgan fingerprint density at radius 2 is 2.03 bits per heavy atom. The van der Waals surface area contributed by atoms with Crippen LogP contribution in [0.25, 0.3) is 11.0 Å². The number of pyridine rings is 2. The van der Waals surface area contributed by atoms with E-state index in [1.807, 2.05) is 26.2 Å². The van der Waals surface area contributed by atoms with Gasteiger partial charge in [-0.25, -0.2) is 14.8 Å². The summed E-state index contributed by atoms with van der Waals surface area (Å²) in [6, 6.07) is 4.12. The van der Waals surface area contributed by atoms with Crippen molar-refractivity contribution in [3.8, 4) is 0 Å². The van der Waals surface area contributed by atoms with E-state index < -0.39 is 0 Å². The number of nitrogens with zero attached hydrogens (tertiary/aromatic N) is 5. The van der Waals surface area contributed by atoms with Crippen LogP contribution in [-0.2, 0) is 18.3 Å². The summed E-state index contributed by atoms with van der Waals surface area (Å²) in [5.74, 6) is 0.624. The molecule has 1 N–H and O–H groups in total. The molecule has 0 bridgehead atoms. The highest BCUT2D eigenvalue weighted by atomic mass is 16.5. The van der Waals surface area contributed by atoms with E-state index in [1.165, 1.54) is 19.3 Å². The van der Waals surface area contributed by atoms with Crippen molar-refractivity contribution < 1.29 is 9.53 Å². The van der Waals surface area contributed by atoms with Gasteiger partial charge in [0.25, 0.3) is 0 Å². The zero-order chi connectivity index (χ0) is 21.1. The molecule has 0 aromatic carbocycles. The molecule has 8 nitrogen and oxygen atoms in total. The predicted octanol–water partition coefficient (Wildman–Crippen LogP) is 3.45. The predicted molar refractivity (Wildman–Crippen MR) is 117 cm³/mol. The fourth-order valence-electron chi connectivity index (χ4n) is 4.02. The molecule has 3 aromatic rings. The Hall–Kier alpha value is -3.16. The number of hydrogen-bond acceptors (Lipinski definition) is 7. The van der Waals surface area contributed by atoms with Crippen molar-refractivity contribution in [3.63, 3.8) is 0 Å². The highest BCUT2D eigenvalue weighted by molar-refractivity contribution is 6.05. The van der Waals surface area contributed by atoms with Gasteiger partial charge in [0, 0.05) is 39.1 Å². The molecule has 1 fully saturated rings. The molecule has 0 aliphatic carbocycles. The first-order valence-corrected chi connectivity index (χ1v) is 10.5. The Balaban J connectivity index is 1.64. The van der Waals surface area contributed by atoms with Crippen molar-refractivity contribution in [2.45, 2.75) is 39.7 Å². The molecule has 4 rings (SSSR count). The second kappa shape index (κ2) is 8.69. The third kappa shape index (κ3) is 3.94. The standard InChI is InChI=1S/C22H28N6O2/c1-4-30-22(29)17-14-25-21-19(15(2)26-27(21)3)20(17)24-13-16-8-9-23-18(12-16)28-10-6-5-7-11-28/h8-9,12,14H,4-7,10-11,13H2,1-3H3,(H,24,25). The van der Waals surface area contributed by atoms with Crippen LogP contribution >= 0.6 is 0 Å². The molecule has 158 valence electrons. The minimum atomic E-state index is -0.388. The molecule has 1 aliphatic rings. The van der Waals surface area contributed by atoms with E-state index in [0.717, 1.165) is 41.2 Å². The van der Waals surface area contributed by atoms with Crippen molar-refractivity contribution in [3.05, 3.63) is 41.3 Å². The first-order valence-electron chi connectivity index (χ1n) is 10.5. The minimum absolute atomic E-state index is 0.311. The molecule has 0 unspecified atom stereocenters. The van der Waals surface area contributed by atoms with Crippen molar-refractivity contribution in [1.82, 2.24) is 19.7 Å². The number of ether oxygens (including phenoxy) is 1. The number of fused-ring (bicyclic) bond motifs is 1. The topological polar surface area (TPSA) is 85.2 Å². The first kappa shape index (κ1) is 20.1. The van der Waals surface area contributed by atoms with E-state index in [1.54, 1.807) is 17.8 Å². The van der Waals surface area contributed by atoms with Gasteiger partial charge in [-0.1, -0.05) is 0 Å². The SMILES string of the molecule is CCOC(=O)c1cnc2c(c(C)nn2C)c1NCc1ccnc(N2CCCCC2)c1. The maximum atomic E-state index is 12.6. The lowest BCUT2D eigenvalue weighted by Gasteiger charge is -2.28. The van der Waals surface area contributed by atoms with Crippen LogP contribution in [0.2, 0.25) is 0 Å². The normalized spacial score (nSPS) is 14.2. The molecular weight excluding hydrogens is 380 g/mol. The minimum Gasteiger partial charge on any atom is -0.462 e. The summed E-state index contributed by atoms with van der Waals surface area (Å²) >= 11 is 0. The van der Waals surface area contributed by atoms with Crippen LogP contribution in [0.3, 0.4) is 0 Å². The number of carbonyl (C=O) groups excluding carboxylic acids is 1. The molecule has 1 saturated heterocycles. The number of esters is 1. The second-order valence-corrected chi connectivity index (χ2v) is 7.60. The average Bonchev–Trinajstić information content (AvgIpc) is 3.06. The highest BCUT2D eigenvalue weighted by Gasteiger charge is 2.21. The van der Waals surface area contributed by atoms with Crippen LogP contribution in [0.1, 0.15) is 47.8 Å². The number of hydrogen-bond donors (Lipinski definition) is 1. The van der Waals surface area contributed by atoms with Crippen molar-refractivity contribution >= 4 is 28.5 Å². The van der Waals surface area contributed by atoms with Gasteiger partial charge >= 0.3 is 5.97 Å². The lowest BCUT2D eigenvalue weighted by Crippen LogP contribution is -2.30. The summed E-state index contributed by atoms with van der Waals surface area (Å²) in [6.07, 6.45) is 7.13. The third-order valence-electron chi connectivity index (χ3n) is 5.48. The highest BCUT2D eigenvalue weighted by Crippen LogP contribution is 2.30. The van der Waals surface area contributed by atoms with E-state index in [-0.39, 0.29) is 5.97 Å². The second-order valence-electron chi connectivity index (χ2n) is 7.60. The van der Waals surface area contributed by atoms with Crippen molar-refractivity contribution in [2.24, 2.45) is 7.05 Å². The van der Waals surface area contributed by atoms with E-state index >= 15 is 0 Å². The molecule has 0 saturated carbocycles. The van der Waals surface area contributed by atoms with Crippen LogP contribution < -0.4 is 10.2 Å². The van der Waals surface area contributed by atoms with Crippen LogP contribution in [-0.4, -0.2) is 45.4 Å². The Kier molecular flexibility index (Phi) is 5.83. The van der Waals surface area contributed by atoms with Gasteiger partial charge in [0.05, 0.1) is 23.4 Å². The first-order chi connectivity index (χ1) is 14.6. The van der Waals surface area contributed by atoms with Crippen LogP contribution in [0.5, 0.6) is 0 Å². The summed E-state index contributed by atoms with van der Waals surface area (Å²) in [7, 11) is 1.85. The zero-order valence-corrected chi connectivity index (χ0v) is 17.8. The van der Waals surface area contributed by atoms with Crippen molar-refractivity contribution in [2.75, 3.05) is 29.9 Å². The van der Waals surface area contributed by atoms with E-state index in [4.69, 9.17) is 4.74 Å². The molecule has 8 heteroatoms. The van der Waals surface area contributed by atoms with Crippen LogP contribution in [0.4, 0.5) is 11.5 Å². The average molecular weight is 409 g/mol. The fourth-order valence-corrected chi connectivity index (χ4v) is 4.02. The third-order valence-corrected chi connectivity index (χ3v) is 5.48. The van der Waals surface area contributed by atoms with Gasteiger partial charge < -0.3 is 15.0 Å². The van der Waals surface area contributed by atoms with E-state index in [2.05, 4.69) is 31.3 Å². The lowest BCUT2D eigenvalue weighted by molar-refractivity contribution is 0.0527. The molecular formula is C22H28N6O2. The van der Waals surface area contributed by atoms with E-state index in [9.17, 15) is 4.79 Å². The monoisotopic (exact) mass is 408 g/mol. The van der Waals surface area contributed by atoms with Gasteiger partial charge in [-0.15, -0.1) is 0 Å². The smallest absolute Gasteiger partial charge is 0.341 e. The summed E-state index contributed by atoms with van der Waals surface area (Å²) in [6.45, 7) is 6.69. The van der Waals surface area contributed by atoms with Gasteiger partial charge in [-0.2, -0.15) is 5.10 Å². The van der Waals surface area contributed by atoms with Crippen LogP contribution in [0, 0.1) is 6.92 Å². The molecule has 0 atom stereocenters. The number of rotatable bonds is 6. The lowest BCUT2D eigenvalue weighted by atomic mass is 10.1. The molecule has 0 spiro atoms. The number of piperidine rings is 1. The fraction of sp³-hybridized carbons (Fsp3) is 0.455. The maximum absolute atomic E-state index is 12.6. The van der Waals surface area contributed by atoms with E-state index in [0.29, 0.717) is 24.4 Å². The van der Waals surface area contributed by atoms with Gasteiger partial charge in [0.15, 0.2) is 5.65 Å². The molecule has 3 aromatic heterocycles. The number of nitrogens with one attached hydrogen (secondary N) is 1. The number of anilines is 2. The molecule has 0 amide bonds. The number of carbonyl (C=O) groups is 1. The summed E-state index contributed by atoms with van der Waals surface area (Å²) in [4.78, 5) is 23.9. The summed E-state index contributed by atoms with van der Waals surface area (Å²) in [5, 5.41) is 8.77. The number of aromatic nitrogens is 4. The molecule has 1 aliphatic heterocycles. The van der Waals surface area contributed by atoms with Gasteiger partial charge in [-0.3, -0.25) is 4.68 Å². The zero-order valence-electron chi connectivity index (χ0n) is 17.8. The van der Waals surface area contributed by atoms with Crippen LogP contribution in [0.15, 0.2) is 24.5 Å². The van der Waals surface area contributed by atoms with Gasteiger partial charge in [0.2, 0.25) is 0 Å². The Morgan fingerprint density at radius 1 is 1.23 bits per heavy atom. The molecule has 4 heterocycles. The Morgan fingerprint density at radius 3 is 2.80 bits per heavy atom. The van der Waals surface area contributed by atoms with Gasteiger partial charge in [0.1, 0.15) is 11.4 Å². The summed E-state index contributed by atoms with van der Waals surface area (Å²) < 4.78 is 6.98. The number of aryl methyl sites for hydroxylation is 2.